The van der Waals surface area contributed by atoms with Crippen LogP contribution < -0.4 is 11.1 Å². The highest BCUT2D eigenvalue weighted by Gasteiger charge is 2.34. The van der Waals surface area contributed by atoms with Gasteiger partial charge in [0.15, 0.2) is 0 Å². The minimum Gasteiger partial charge on any atom is -0.391 e. The van der Waals surface area contributed by atoms with Crippen LogP contribution in [0.1, 0.15) is 38.5 Å². The number of hydrogen-bond donors (Lipinski definition) is 3. The van der Waals surface area contributed by atoms with Crippen LogP contribution >= 0.6 is 0 Å². The molecule has 4 N–H and O–H groups in total. The molecule has 0 aromatic heterocycles. The summed E-state index contributed by atoms with van der Waals surface area (Å²) in [6.45, 7) is 0. The van der Waals surface area contributed by atoms with Crippen LogP contribution in [0, 0.1) is 5.92 Å². The Bertz CT molecular complexity index is 235. The average molecular weight is 212 g/mol. The van der Waals surface area contributed by atoms with Crippen molar-refractivity contribution in [3.63, 3.8) is 0 Å². The summed E-state index contributed by atoms with van der Waals surface area (Å²) in [5.74, 6) is 0.0434. The molecule has 0 bridgehead atoms. The first-order valence-corrected chi connectivity index (χ1v) is 5.92. The van der Waals surface area contributed by atoms with Gasteiger partial charge in [-0.2, -0.15) is 0 Å². The minimum absolute atomic E-state index is 0.183. The third-order valence-corrected chi connectivity index (χ3v) is 3.48. The fourth-order valence-electron chi connectivity index (χ4n) is 2.27. The Morgan fingerprint density at radius 2 is 1.87 bits per heavy atom. The quantitative estimate of drug-likeness (QED) is 0.620. The van der Waals surface area contributed by atoms with E-state index in [1.54, 1.807) is 0 Å². The predicted molar refractivity (Wildman–Crippen MR) is 57.1 cm³/mol. The van der Waals surface area contributed by atoms with Crippen molar-refractivity contribution in [1.29, 1.82) is 0 Å². The number of carbonyl (C=O) groups is 1. The zero-order chi connectivity index (χ0) is 10.8. The smallest absolute Gasteiger partial charge is 0.239 e. The highest BCUT2D eigenvalue weighted by molar-refractivity contribution is 5.82. The SMILES string of the molecule is N[C@H](C(=O)NC1CC1)[C@H](O)C1CCCC1. The van der Waals surface area contributed by atoms with Gasteiger partial charge in [0.2, 0.25) is 5.91 Å². The van der Waals surface area contributed by atoms with Crippen molar-refractivity contribution in [3.8, 4) is 0 Å². The zero-order valence-corrected chi connectivity index (χ0v) is 8.98. The highest BCUT2D eigenvalue weighted by atomic mass is 16.3. The van der Waals surface area contributed by atoms with Crippen LogP contribution in [0.4, 0.5) is 0 Å². The first-order chi connectivity index (χ1) is 7.18. The minimum atomic E-state index is -0.742. The van der Waals surface area contributed by atoms with E-state index < -0.39 is 12.1 Å². The summed E-state index contributed by atoms with van der Waals surface area (Å²) in [6.07, 6.45) is 5.76. The van der Waals surface area contributed by atoms with E-state index in [0.717, 1.165) is 38.5 Å². The molecule has 0 radical (unpaired) electrons. The molecule has 0 aliphatic heterocycles. The summed E-state index contributed by atoms with van der Waals surface area (Å²) in [7, 11) is 0. The van der Waals surface area contributed by atoms with Crippen molar-refractivity contribution in [3.05, 3.63) is 0 Å². The third-order valence-electron chi connectivity index (χ3n) is 3.48. The lowest BCUT2D eigenvalue weighted by Gasteiger charge is -2.23. The molecule has 0 spiro atoms. The van der Waals surface area contributed by atoms with Gasteiger partial charge in [0, 0.05) is 6.04 Å². The lowest BCUT2D eigenvalue weighted by molar-refractivity contribution is -0.125. The molecule has 0 heterocycles. The normalized spacial score (nSPS) is 26.3. The summed E-state index contributed by atoms with van der Waals surface area (Å²) in [4.78, 5) is 11.6. The van der Waals surface area contributed by atoms with Gasteiger partial charge in [0.25, 0.3) is 0 Å². The van der Waals surface area contributed by atoms with Crippen molar-refractivity contribution in [1.82, 2.24) is 5.32 Å². The van der Waals surface area contributed by atoms with Crippen LogP contribution in [0.5, 0.6) is 0 Å². The van der Waals surface area contributed by atoms with Gasteiger partial charge in [-0.15, -0.1) is 0 Å². The molecule has 2 fully saturated rings. The Hall–Kier alpha value is -0.610. The topological polar surface area (TPSA) is 75.4 Å². The number of hydrogen-bond acceptors (Lipinski definition) is 3. The van der Waals surface area contributed by atoms with E-state index in [2.05, 4.69) is 5.32 Å². The van der Waals surface area contributed by atoms with E-state index in [1.807, 2.05) is 0 Å². The van der Waals surface area contributed by atoms with E-state index in [0.29, 0.717) is 6.04 Å². The maximum Gasteiger partial charge on any atom is 0.239 e. The van der Waals surface area contributed by atoms with Crippen molar-refractivity contribution in [2.45, 2.75) is 56.7 Å². The molecule has 0 aromatic rings. The number of amides is 1. The fourth-order valence-corrected chi connectivity index (χ4v) is 2.27. The molecule has 0 unspecified atom stereocenters. The van der Waals surface area contributed by atoms with E-state index >= 15 is 0 Å². The van der Waals surface area contributed by atoms with Gasteiger partial charge in [-0.25, -0.2) is 0 Å². The van der Waals surface area contributed by atoms with Crippen molar-refractivity contribution >= 4 is 5.91 Å². The van der Waals surface area contributed by atoms with Crippen molar-refractivity contribution in [2.75, 3.05) is 0 Å². The molecule has 0 saturated heterocycles. The van der Waals surface area contributed by atoms with Gasteiger partial charge in [-0.3, -0.25) is 4.79 Å². The molecule has 86 valence electrons. The maximum atomic E-state index is 11.6. The van der Waals surface area contributed by atoms with E-state index in [9.17, 15) is 9.90 Å². The fraction of sp³-hybridized carbons (Fsp3) is 0.909. The molecular formula is C11H20N2O2. The Labute approximate surface area is 90.2 Å². The lowest BCUT2D eigenvalue weighted by atomic mass is 9.94. The number of aliphatic hydroxyl groups excluding tert-OH is 1. The molecule has 0 aromatic carbocycles. The predicted octanol–water partition coefficient (Wildman–Crippen LogP) is 0.143. The highest BCUT2D eigenvalue weighted by Crippen LogP contribution is 2.29. The molecule has 2 aliphatic carbocycles. The number of nitrogens with two attached hydrogens (primary N) is 1. The van der Waals surface area contributed by atoms with Crippen LogP contribution in [0.25, 0.3) is 0 Å². The molecule has 2 saturated carbocycles. The Morgan fingerprint density at radius 3 is 2.40 bits per heavy atom. The third kappa shape index (κ3) is 2.69. The van der Waals surface area contributed by atoms with Gasteiger partial charge >= 0.3 is 0 Å². The van der Waals surface area contributed by atoms with Gasteiger partial charge < -0.3 is 16.2 Å². The van der Waals surface area contributed by atoms with Gasteiger partial charge in [0.1, 0.15) is 6.04 Å². The lowest BCUT2D eigenvalue weighted by Crippen LogP contribution is -2.51. The molecule has 4 heteroatoms. The number of carbonyl (C=O) groups excluding carboxylic acids is 1. The molecule has 2 aliphatic rings. The van der Waals surface area contributed by atoms with Crippen LogP contribution in [0.3, 0.4) is 0 Å². The first kappa shape index (κ1) is 10.9. The second kappa shape index (κ2) is 4.49. The van der Waals surface area contributed by atoms with Crippen LogP contribution in [-0.2, 0) is 4.79 Å². The largest absolute Gasteiger partial charge is 0.391 e. The molecule has 1 amide bonds. The second-order valence-corrected chi connectivity index (χ2v) is 4.84. The van der Waals surface area contributed by atoms with Gasteiger partial charge in [0.05, 0.1) is 6.10 Å². The van der Waals surface area contributed by atoms with Crippen LogP contribution in [-0.4, -0.2) is 29.2 Å². The second-order valence-electron chi connectivity index (χ2n) is 4.84. The molecule has 15 heavy (non-hydrogen) atoms. The Balaban J connectivity index is 1.81. The Morgan fingerprint density at radius 1 is 1.27 bits per heavy atom. The van der Waals surface area contributed by atoms with Gasteiger partial charge in [-0.1, -0.05) is 12.8 Å². The van der Waals surface area contributed by atoms with Crippen LogP contribution in [0.15, 0.2) is 0 Å². The van der Waals surface area contributed by atoms with E-state index in [4.69, 9.17) is 5.73 Å². The summed E-state index contributed by atoms with van der Waals surface area (Å²) in [5.41, 5.74) is 5.75. The van der Waals surface area contributed by atoms with Crippen molar-refractivity contribution < 1.29 is 9.90 Å². The van der Waals surface area contributed by atoms with Gasteiger partial charge in [-0.05, 0) is 31.6 Å². The standard InChI is InChI=1S/C11H20N2O2/c12-9(11(15)13-8-5-6-8)10(14)7-3-1-2-4-7/h7-10,14H,1-6,12H2,(H,13,15)/t9-,10+/m0/s1. The monoisotopic (exact) mass is 212 g/mol. The summed E-state index contributed by atoms with van der Waals surface area (Å²) in [5, 5.41) is 12.8. The summed E-state index contributed by atoms with van der Waals surface area (Å²) < 4.78 is 0. The first-order valence-electron chi connectivity index (χ1n) is 5.92. The molecule has 2 rings (SSSR count). The molecule has 2 atom stereocenters. The number of rotatable bonds is 4. The summed E-state index contributed by atoms with van der Waals surface area (Å²) >= 11 is 0. The number of aliphatic hydroxyl groups is 1. The van der Waals surface area contributed by atoms with E-state index in [-0.39, 0.29) is 11.8 Å². The van der Waals surface area contributed by atoms with E-state index in [1.165, 1.54) is 0 Å². The number of nitrogens with one attached hydrogen (secondary N) is 1. The maximum absolute atomic E-state index is 11.6. The average Bonchev–Trinajstić information content (AvgIpc) is 2.86. The van der Waals surface area contributed by atoms with Crippen LogP contribution in [0.2, 0.25) is 0 Å². The zero-order valence-electron chi connectivity index (χ0n) is 8.98. The van der Waals surface area contributed by atoms with Crippen molar-refractivity contribution in [2.24, 2.45) is 11.7 Å². The molecular weight excluding hydrogens is 192 g/mol. The summed E-state index contributed by atoms with van der Waals surface area (Å²) in [6, 6.07) is -0.423. The Kier molecular flexibility index (Phi) is 3.26. The molecule has 4 nitrogen and oxygen atoms in total.